The number of aliphatic hydroxyl groups excluding tert-OH is 4. The van der Waals surface area contributed by atoms with Crippen LogP contribution in [-0.2, 0) is 0 Å². The van der Waals surface area contributed by atoms with E-state index in [1.54, 1.807) is 9.80 Å². The van der Waals surface area contributed by atoms with Gasteiger partial charge < -0.3 is 30.2 Å². The second kappa shape index (κ2) is 9.95. The molecule has 0 saturated heterocycles. The Morgan fingerprint density at radius 2 is 0.885 bits per heavy atom. The number of nitrogens with zero attached hydrogens (tertiary/aromatic N) is 6. The number of halogens is 2. The first-order valence-electron chi connectivity index (χ1n) is 7.89. The Labute approximate surface area is 159 Å². The van der Waals surface area contributed by atoms with Crippen LogP contribution in [0.3, 0.4) is 0 Å². The zero-order valence-electron chi connectivity index (χ0n) is 13.9. The van der Waals surface area contributed by atoms with Crippen LogP contribution in [0.2, 0.25) is 10.6 Å². The Bertz CT molecular complexity index is 665. The summed E-state index contributed by atoms with van der Waals surface area (Å²) in [4.78, 5) is 19.9. The van der Waals surface area contributed by atoms with E-state index in [-0.39, 0.29) is 74.2 Å². The normalized spacial score (nSPS) is 11.2. The number of rotatable bonds is 10. The molecule has 0 fully saturated rings. The van der Waals surface area contributed by atoms with Gasteiger partial charge in [-0.1, -0.05) is 0 Å². The van der Waals surface area contributed by atoms with Crippen molar-refractivity contribution in [3.63, 3.8) is 0 Å². The highest BCUT2D eigenvalue weighted by Gasteiger charge is 2.21. The molecule has 144 valence electrons. The lowest BCUT2D eigenvalue weighted by Crippen LogP contribution is -2.32. The molecule has 10 nitrogen and oxygen atoms in total. The Morgan fingerprint density at radius 3 is 1.15 bits per heavy atom. The van der Waals surface area contributed by atoms with Crippen LogP contribution in [0.15, 0.2) is 0 Å². The highest BCUT2D eigenvalue weighted by Crippen LogP contribution is 2.30. The minimum absolute atomic E-state index is 0.0755. The van der Waals surface area contributed by atoms with Crippen molar-refractivity contribution in [1.82, 2.24) is 19.9 Å². The van der Waals surface area contributed by atoms with Crippen molar-refractivity contribution in [3.8, 4) is 0 Å². The zero-order valence-corrected chi connectivity index (χ0v) is 15.4. The third kappa shape index (κ3) is 4.78. The van der Waals surface area contributed by atoms with Gasteiger partial charge in [0, 0.05) is 26.2 Å². The number of aliphatic hydroxyl groups is 4. The van der Waals surface area contributed by atoms with Crippen molar-refractivity contribution in [2.75, 3.05) is 62.4 Å². The summed E-state index contributed by atoms with van der Waals surface area (Å²) >= 11 is 12.1. The second-order valence-electron chi connectivity index (χ2n) is 5.20. The van der Waals surface area contributed by atoms with Crippen molar-refractivity contribution in [2.24, 2.45) is 0 Å². The maximum absolute atomic E-state index is 9.28. The van der Waals surface area contributed by atoms with E-state index in [1.807, 2.05) is 0 Å². The van der Waals surface area contributed by atoms with Gasteiger partial charge in [0.1, 0.15) is 11.0 Å². The zero-order chi connectivity index (χ0) is 19.1. The van der Waals surface area contributed by atoms with Crippen LogP contribution in [0.25, 0.3) is 11.0 Å². The molecule has 0 bridgehead atoms. The van der Waals surface area contributed by atoms with Gasteiger partial charge in [0.25, 0.3) is 0 Å². The van der Waals surface area contributed by atoms with Gasteiger partial charge in [-0.05, 0) is 23.2 Å². The van der Waals surface area contributed by atoms with E-state index in [0.29, 0.717) is 11.6 Å². The SMILES string of the molecule is OCCN(CCO)c1nc(Cl)nc2c(N(CCO)CCO)nc(Cl)nc12. The lowest BCUT2D eigenvalue weighted by atomic mass is 10.3. The highest BCUT2D eigenvalue weighted by atomic mass is 35.5. The first kappa shape index (κ1) is 20.7. The van der Waals surface area contributed by atoms with Crippen LogP contribution in [0.4, 0.5) is 11.6 Å². The summed E-state index contributed by atoms with van der Waals surface area (Å²) in [5.41, 5.74) is 0.569. The third-order valence-electron chi connectivity index (χ3n) is 3.53. The monoisotopic (exact) mass is 406 g/mol. The van der Waals surface area contributed by atoms with Crippen LogP contribution in [0.1, 0.15) is 0 Å². The van der Waals surface area contributed by atoms with Crippen molar-refractivity contribution < 1.29 is 20.4 Å². The summed E-state index contributed by atoms with van der Waals surface area (Å²) in [6.07, 6.45) is 0. The van der Waals surface area contributed by atoms with E-state index < -0.39 is 0 Å². The summed E-state index contributed by atoms with van der Waals surface area (Å²) in [6, 6.07) is 0. The van der Waals surface area contributed by atoms with Crippen LogP contribution < -0.4 is 9.80 Å². The van der Waals surface area contributed by atoms with E-state index in [1.165, 1.54) is 0 Å². The molecule has 2 aromatic rings. The number of hydrogen-bond acceptors (Lipinski definition) is 10. The van der Waals surface area contributed by atoms with Crippen LogP contribution in [0, 0.1) is 0 Å². The standard InChI is InChI=1S/C14H20Cl2N6O4/c15-13-18-10-9(11(19-13)21(1-5-23)2-6-24)17-14(16)20-12(10)22(3-7-25)4-8-26/h23-26H,1-8H2. The average molecular weight is 407 g/mol. The number of hydrogen-bond donors (Lipinski definition) is 4. The van der Waals surface area contributed by atoms with Crippen molar-refractivity contribution in [1.29, 1.82) is 0 Å². The number of fused-ring (bicyclic) bond motifs is 1. The molecule has 0 amide bonds. The molecule has 0 aliphatic rings. The molecule has 0 spiro atoms. The van der Waals surface area contributed by atoms with Crippen LogP contribution in [-0.4, -0.2) is 93.0 Å². The molecular formula is C14H20Cl2N6O4. The largest absolute Gasteiger partial charge is 0.395 e. The van der Waals surface area contributed by atoms with E-state index in [4.69, 9.17) is 23.2 Å². The minimum atomic E-state index is -0.171. The first-order chi connectivity index (χ1) is 12.5. The van der Waals surface area contributed by atoms with Gasteiger partial charge in [-0.25, -0.2) is 9.97 Å². The van der Waals surface area contributed by atoms with Crippen molar-refractivity contribution in [3.05, 3.63) is 10.6 Å². The summed E-state index contributed by atoms with van der Waals surface area (Å²) in [7, 11) is 0. The van der Waals surface area contributed by atoms with Gasteiger partial charge >= 0.3 is 0 Å². The minimum Gasteiger partial charge on any atom is -0.395 e. The molecule has 0 aliphatic carbocycles. The Morgan fingerprint density at radius 1 is 0.577 bits per heavy atom. The highest BCUT2D eigenvalue weighted by molar-refractivity contribution is 6.30. The Hall–Kier alpha value is -1.56. The molecule has 26 heavy (non-hydrogen) atoms. The molecule has 0 saturated carbocycles. The smallest absolute Gasteiger partial charge is 0.225 e. The maximum atomic E-state index is 9.28. The first-order valence-corrected chi connectivity index (χ1v) is 8.65. The molecule has 2 aromatic heterocycles. The molecule has 0 aromatic carbocycles. The van der Waals surface area contributed by atoms with Gasteiger partial charge in [0.15, 0.2) is 11.6 Å². The van der Waals surface area contributed by atoms with Crippen molar-refractivity contribution >= 4 is 45.9 Å². The van der Waals surface area contributed by atoms with Gasteiger partial charge in [0.05, 0.1) is 26.4 Å². The molecular weight excluding hydrogens is 387 g/mol. The fraction of sp³-hybridized carbons (Fsp3) is 0.571. The molecule has 0 unspecified atom stereocenters. The summed E-state index contributed by atoms with van der Waals surface area (Å²) in [6.45, 7) is 0.0829. The number of aromatic nitrogens is 4. The summed E-state index contributed by atoms with van der Waals surface area (Å²) in [5, 5.41) is 37.0. The number of anilines is 2. The lowest BCUT2D eigenvalue weighted by molar-refractivity contribution is 0.280. The lowest BCUT2D eigenvalue weighted by Gasteiger charge is -2.25. The molecule has 0 atom stereocenters. The van der Waals surface area contributed by atoms with Gasteiger partial charge in [0.2, 0.25) is 10.6 Å². The van der Waals surface area contributed by atoms with Gasteiger partial charge in [-0.3, -0.25) is 0 Å². The Kier molecular flexibility index (Phi) is 7.94. The van der Waals surface area contributed by atoms with E-state index >= 15 is 0 Å². The third-order valence-corrected chi connectivity index (χ3v) is 3.87. The van der Waals surface area contributed by atoms with Crippen LogP contribution in [0.5, 0.6) is 0 Å². The quantitative estimate of drug-likeness (QED) is 0.374. The fourth-order valence-corrected chi connectivity index (χ4v) is 2.83. The molecule has 2 rings (SSSR count). The van der Waals surface area contributed by atoms with E-state index in [2.05, 4.69) is 19.9 Å². The predicted molar refractivity (Wildman–Crippen MR) is 97.9 cm³/mol. The second-order valence-corrected chi connectivity index (χ2v) is 5.87. The maximum Gasteiger partial charge on any atom is 0.225 e. The Balaban J connectivity index is 2.69. The predicted octanol–water partition coefficient (Wildman–Crippen LogP) is -0.691. The molecule has 0 radical (unpaired) electrons. The summed E-state index contributed by atoms with van der Waals surface area (Å²) < 4.78 is 0. The average Bonchev–Trinajstić information content (AvgIpc) is 2.60. The van der Waals surface area contributed by atoms with Crippen LogP contribution >= 0.6 is 23.2 Å². The van der Waals surface area contributed by atoms with E-state index in [9.17, 15) is 20.4 Å². The van der Waals surface area contributed by atoms with Gasteiger partial charge in [-0.2, -0.15) is 9.97 Å². The van der Waals surface area contributed by atoms with Crippen molar-refractivity contribution in [2.45, 2.75) is 0 Å². The molecule has 0 aliphatic heterocycles. The molecule has 12 heteroatoms. The topological polar surface area (TPSA) is 139 Å². The fourth-order valence-electron chi connectivity index (χ4n) is 2.50. The van der Waals surface area contributed by atoms with Gasteiger partial charge in [-0.15, -0.1) is 0 Å². The molecule has 4 N–H and O–H groups in total. The van der Waals surface area contributed by atoms with E-state index in [0.717, 1.165) is 0 Å². The summed E-state index contributed by atoms with van der Waals surface area (Å²) in [5.74, 6) is 0.586. The molecule has 2 heterocycles.